The highest BCUT2D eigenvalue weighted by molar-refractivity contribution is 5.41. The maximum atomic E-state index is 14.4. The molecule has 1 heterocycles. The Bertz CT molecular complexity index is 590. The smallest absolute Gasteiger partial charge is 0.218 e. The fourth-order valence-electron chi connectivity index (χ4n) is 2.18. The van der Waals surface area contributed by atoms with Crippen molar-refractivity contribution in [3.05, 3.63) is 53.5 Å². The summed E-state index contributed by atoms with van der Waals surface area (Å²) in [5, 5.41) is 3.09. The number of benzene rings is 1. The van der Waals surface area contributed by atoms with Crippen LogP contribution in [0.3, 0.4) is 0 Å². The first-order valence-electron chi connectivity index (χ1n) is 6.21. The number of nitrogens with one attached hydrogen (secondary N) is 1. The maximum absolute atomic E-state index is 14.4. The van der Waals surface area contributed by atoms with Crippen LogP contribution >= 0.6 is 0 Å². The minimum absolute atomic E-state index is 0.214. The first-order valence-corrected chi connectivity index (χ1v) is 6.21. The molecule has 0 saturated carbocycles. The van der Waals surface area contributed by atoms with E-state index in [1.807, 2.05) is 6.07 Å². The van der Waals surface area contributed by atoms with Gasteiger partial charge in [0.2, 0.25) is 5.88 Å². The molecule has 0 saturated heterocycles. The summed E-state index contributed by atoms with van der Waals surface area (Å²) in [7, 11) is 4.75. The van der Waals surface area contributed by atoms with Crippen molar-refractivity contribution in [2.24, 2.45) is 0 Å². The van der Waals surface area contributed by atoms with Crippen molar-refractivity contribution in [3.8, 4) is 11.6 Å². The van der Waals surface area contributed by atoms with Crippen molar-refractivity contribution in [1.29, 1.82) is 0 Å². The summed E-state index contributed by atoms with van der Waals surface area (Å²) in [6.45, 7) is 0. The second kappa shape index (κ2) is 6.34. The van der Waals surface area contributed by atoms with E-state index in [4.69, 9.17) is 9.47 Å². The Labute approximate surface area is 117 Å². The van der Waals surface area contributed by atoms with Gasteiger partial charge in [-0.1, -0.05) is 18.2 Å². The Hall–Kier alpha value is -2.14. The topological polar surface area (TPSA) is 43.4 Å². The van der Waals surface area contributed by atoms with Crippen LogP contribution in [0, 0.1) is 5.82 Å². The monoisotopic (exact) mass is 276 g/mol. The standard InChI is InChI=1S/C15H17FN2O2/c1-17-14(11-7-5-9-18-15(11)20-3)10-6-4-8-12(19-2)13(10)16/h4-9,14,17H,1-3H3. The van der Waals surface area contributed by atoms with Crippen LogP contribution in [0.5, 0.6) is 11.6 Å². The van der Waals surface area contributed by atoms with Gasteiger partial charge < -0.3 is 14.8 Å². The van der Waals surface area contributed by atoms with Crippen LogP contribution < -0.4 is 14.8 Å². The summed E-state index contributed by atoms with van der Waals surface area (Å²) in [6.07, 6.45) is 1.64. The van der Waals surface area contributed by atoms with Crippen molar-refractivity contribution >= 4 is 0 Å². The molecule has 0 fully saturated rings. The Morgan fingerprint density at radius 1 is 1.10 bits per heavy atom. The highest BCUT2D eigenvalue weighted by Gasteiger charge is 2.22. The van der Waals surface area contributed by atoms with Crippen LogP contribution in [0.1, 0.15) is 17.2 Å². The SMILES string of the molecule is CNC(c1cccnc1OC)c1cccc(OC)c1F. The van der Waals surface area contributed by atoms with Crippen molar-refractivity contribution < 1.29 is 13.9 Å². The van der Waals surface area contributed by atoms with Gasteiger partial charge >= 0.3 is 0 Å². The van der Waals surface area contributed by atoms with Crippen LogP contribution in [0.2, 0.25) is 0 Å². The Balaban J connectivity index is 2.53. The third-order valence-corrected chi connectivity index (χ3v) is 3.12. The predicted molar refractivity (Wildman–Crippen MR) is 74.6 cm³/mol. The van der Waals surface area contributed by atoms with E-state index in [2.05, 4.69) is 10.3 Å². The number of halogens is 1. The Kier molecular flexibility index (Phi) is 4.53. The van der Waals surface area contributed by atoms with Crippen LogP contribution in [0.4, 0.5) is 4.39 Å². The lowest BCUT2D eigenvalue weighted by molar-refractivity contribution is 0.377. The summed E-state index contributed by atoms with van der Waals surface area (Å²) < 4.78 is 24.7. The average Bonchev–Trinajstić information content (AvgIpc) is 2.50. The molecule has 1 atom stereocenters. The third kappa shape index (κ3) is 2.58. The van der Waals surface area contributed by atoms with Gasteiger partial charge in [-0.2, -0.15) is 0 Å². The fraction of sp³-hybridized carbons (Fsp3) is 0.267. The summed E-state index contributed by atoms with van der Waals surface area (Å²) >= 11 is 0. The second-order valence-corrected chi connectivity index (χ2v) is 4.19. The van der Waals surface area contributed by atoms with Gasteiger partial charge in [-0.15, -0.1) is 0 Å². The average molecular weight is 276 g/mol. The zero-order valence-corrected chi connectivity index (χ0v) is 11.7. The van der Waals surface area contributed by atoms with E-state index in [9.17, 15) is 4.39 Å². The summed E-state index contributed by atoms with van der Waals surface area (Å²) in [4.78, 5) is 4.15. The van der Waals surface area contributed by atoms with Gasteiger partial charge in [-0.3, -0.25) is 0 Å². The van der Waals surface area contributed by atoms with E-state index in [0.29, 0.717) is 11.4 Å². The number of hydrogen-bond donors (Lipinski definition) is 1. The van der Waals surface area contributed by atoms with Gasteiger partial charge in [0.05, 0.1) is 20.3 Å². The molecule has 106 valence electrons. The molecule has 4 nitrogen and oxygen atoms in total. The van der Waals surface area contributed by atoms with Gasteiger partial charge in [0.25, 0.3) is 0 Å². The van der Waals surface area contributed by atoms with Gasteiger partial charge in [0.15, 0.2) is 11.6 Å². The molecule has 0 aliphatic rings. The molecule has 1 N–H and O–H groups in total. The predicted octanol–water partition coefficient (Wildman–Crippen LogP) is 2.55. The molecule has 0 spiro atoms. The van der Waals surface area contributed by atoms with E-state index in [-0.39, 0.29) is 17.6 Å². The number of ether oxygens (including phenoxy) is 2. The number of methoxy groups -OCH3 is 2. The number of hydrogen-bond acceptors (Lipinski definition) is 4. The van der Waals surface area contributed by atoms with E-state index >= 15 is 0 Å². The van der Waals surface area contributed by atoms with Gasteiger partial charge in [-0.05, 0) is 19.2 Å². The molecule has 20 heavy (non-hydrogen) atoms. The molecular weight excluding hydrogens is 259 g/mol. The van der Waals surface area contributed by atoms with Gasteiger partial charge in [0, 0.05) is 17.3 Å². The van der Waals surface area contributed by atoms with Crippen molar-refractivity contribution in [2.45, 2.75) is 6.04 Å². The molecule has 5 heteroatoms. The van der Waals surface area contributed by atoms with Crippen molar-refractivity contribution in [1.82, 2.24) is 10.3 Å². The number of pyridine rings is 1. The number of rotatable bonds is 5. The van der Waals surface area contributed by atoms with Gasteiger partial charge in [0.1, 0.15) is 0 Å². The lowest BCUT2D eigenvalue weighted by atomic mass is 9.99. The van der Waals surface area contributed by atoms with Crippen LogP contribution in [-0.2, 0) is 0 Å². The molecule has 1 unspecified atom stereocenters. The molecule has 1 aromatic heterocycles. The molecular formula is C15H17FN2O2. The highest BCUT2D eigenvalue weighted by atomic mass is 19.1. The first kappa shape index (κ1) is 14.3. The Morgan fingerprint density at radius 3 is 2.50 bits per heavy atom. The molecule has 2 aromatic rings. The summed E-state index contributed by atoms with van der Waals surface area (Å²) in [5.74, 6) is 0.292. The third-order valence-electron chi connectivity index (χ3n) is 3.12. The lowest BCUT2D eigenvalue weighted by Crippen LogP contribution is -2.20. The zero-order valence-electron chi connectivity index (χ0n) is 11.7. The lowest BCUT2D eigenvalue weighted by Gasteiger charge is -2.20. The molecule has 0 radical (unpaired) electrons. The van der Waals surface area contributed by atoms with Crippen LogP contribution in [-0.4, -0.2) is 26.3 Å². The van der Waals surface area contributed by atoms with E-state index in [1.54, 1.807) is 44.6 Å². The number of aromatic nitrogens is 1. The normalized spacial score (nSPS) is 12.0. The minimum Gasteiger partial charge on any atom is -0.494 e. The molecule has 0 bridgehead atoms. The van der Waals surface area contributed by atoms with Crippen LogP contribution in [0.25, 0.3) is 0 Å². The van der Waals surface area contributed by atoms with Crippen LogP contribution in [0.15, 0.2) is 36.5 Å². The summed E-state index contributed by atoms with van der Waals surface area (Å²) in [6, 6.07) is 8.34. The van der Waals surface area contributed by atoms with E-state index in [1.165, 1.54) is 7.11 Å². The van der Waals surface area contributed by atoms with E-state index in [0.717, 1.165) is 5.56 Å². The molecule has 1 aromatic carbocycles. The highest BCUT2D eigenvalue weighted by Crippen LogP contribution is 2.32. The van der Waals surface area contributed by atoms with Gasteiger partial charge in [-0.25, -0.2) is 9.37 Å². The largest absolute Gasteiger partial charge is 0.494 e. The Morgan fingerprint density at radius 2 is 1.85 bits per heavy atom. The first-order chi connectivity index (χ1) is 9.72. The second-order valence-electron chi connectivity index (χ2n) is 4.19. The molecule has 0 aliphatic heterocycles. The van der Waals surface area contributed by atoms with Crippen molar-refractivity contribution in [3.63, 3.8) is 0 Å². The zero-order chi connectivity index (χ0) is 14.5. The fourth-order valence-corrected chi connectivity index (χ4v) is 2.18. The van der Waals surface area contributed by atoms with Crippen molar-refractivity contribution in [2.75, 3.05) is 21.3 Å². The minimum atomic E-state index is -0.389. The quantitative estimate of drug-likeness (QED) is 0.911. The number of nitrogens with zero attached hydrogens (tertiary/aromatic N) is 1. The molecule has 0 aliphatic carbocycles. The molecule has 2 rings (SSSR count). The summed E-state index contributed by atoms with van der Waals surface area (Å²) in [5.41, 5.74) is 1.25. The van der Waals surface area contributed by atoms with E-state index < -0.39 is 0 Å². The maximum Gasteiger partial charge on any atom is 0.218 e. The molecule has 0 amide bonds.